The Kier molecular flexibility index (Phi) is 11.4. The lowest BCUT2D eigenvalue weighted by Gasteiger charge is -2.51. The third-order valence-corrected chi connectivity index (χ3v) is 22.0. The molecule has 0 N–H and O–H groups in total. The molecule has 466 valence electrons. The zero-order chi connectivity index (χ0) is 65.4. The molecule has 6 nitrogen and oxygen atoms in total. The summed E-state index contributed by atoms with van der Waals surface area (Å²) in [6.45, 7) is 0. The molecule has 0 saturated carbocycles. The number of furan rings is 4. The van der Waals surface area contributed by atoms with Crippen molar-refractivity contribution in [1.82, 2.24) is 0 Å². The molecular weight excluding hydrogens is 1220 g/mol. The van der Waals surface area contributed by atoms with E-state index in [9.17, 15) is 0 Å². The molecule has 2 aliphatic rings. The van der Waals surface area contributed by atoms with E-state index in [1.165, 1.54) is 33.4 Å². The summed E-state index contributed by atoms with van der Waals surface area (Å²) in [5.41, 5.74) is 21.4. The van der Waals surface area contributed by atoms with Gasteiger partial charge in [-0.3, -0.25) is 0 Å². The van der Waals surface area contributed by atoms with Crippen molar-refractivity contribution in [3.05, 3.63) is 373 Å². The van der Waals surface area contributed by atoms with Crippen molar-refractivity contribution >= 4 is 143 Å². The van der Waals surface area contributed by atoms with Crippen molar-refractivity contribution in [2.24, 2.45) is 0 Å². The lowest BCUT2D eigenvalue weighted by Crippen LogP contribution is -2.50. The fourth-order valence-electron chi connectivity index (χ4n) is 18.3. The van der Waals surface area contributed by atoms with E-state index >= 15 is 0 Å². The summed E-state index contributed by atoms with van der Waals surface area (Å²) in [5, 5.41) is 12.7. The van der Waals surface area contributed by atoms with E-state index in [2.05, 4.69) is 350 Å². The Labute approximate surface area is 573 Å². The predicted molar refractivity (Wildman–Crippen MR) is 410 cm³/mol. The first kappa shape index (κ1) is 55.0. The summed E-state index contributed by atoms with van der Waals surface area (Å²) in [7, 11) is 0. The van der Waals surface area contributed by atoms with Crippen molar-refractivity contribution in [3.8, 4) is 22.3 Å². The Hall–Kier alpha value is -13.2. The van der Waals surface area contributed by atoms with Crippen LogP contribution in [0.5, 0.6) is 0 Å². The first-order valence-electron chi connectivity index (χ1n) is 34.3. The molecule has 16 aromatic carbocycles. The number of para-hydroxylation sites is 8. The highest BCUT2D eigenvalue weighted by molar-refractivity contribution is 6.21. The highest BCUT2D eigenvalue weighted by Crippen LogP contribution is 2.72. The van der Waals surface area contributed by atoms with Gasteiger partial charge in [0.15, 0.2) is 22.3 Å². The number of rotatable bonds is 9. The van der Waals surface area contributed by atoms with E-state index in [-0.39, 0.29) is 0 Å². The number of anilines is 6. The molecular formula is C94H56N2O4. The van der Waals surface area contributed by atoms with Gasteiger partial charge in [0.05, 0.1) is 45.0 Å². The van der Waals surface area contributed by atoms with Gasteiger partial charge in [-0.25, -0.2) is 0 Å². The van der Waals surface area contributed by atoms with Gasteiger partial charge in [0.1, 0.15) is 22.3 Å². The highest BCUT2D eigenvalue weighted by atomic mass is 16.3. The summed E-state index contributed by atoms with van der Waals surface area (Å²) in [6.07, 6.45) is 0. The normalized spacial score (nSPS) is 15.5. The van der Waals surface area contributed by atoms with Crippen LogP contribution in [0.4, 0.5) is 34.1 Å². The van der Waals surface area contributed by atoms with Gasteiger partial charge in [0, 0.05) is 53.9 Å². The molecule has 0 bridgehead atoms. The van der Waals surface area contributed by atoms with Gasteiger partial charge >= 0.3 is 0 Å². The third kappa shape index (κ3) is 7.20. The molecule has 22 rings (SSSR count). The maximum Gasteiger partial charge on any atom is 0.159 e. The molecule has 0 radical (unpaired) electrons. The minimum absolute atomic E-state index is 0.777. The van der Waals surface area contributed by atoms with Crippen LogP contribution < -0.4 is 9.80 Å². The predicted octanol–water partition coefficient (Wildman–Crippen LogP) is 25.9. The van der Waals surface area contributed by atoms with Crippen molar-refractivity contribution in [2.75, 3.05) is 9.80 Å². The zero-order valence-electron chi connectivity index (χ0n) is 53.9. The summed E-state index contributed by atoms with van der Waals surface area (Å²) >= 11 is 0. The van der Waals surface area contributed by atoms with Crippen LogP contribution >= 0.6 is 0 Å². The van der Waals surface area contributed by atoms with E-state index in [1.807, 2.05) is 0 Å². The second-order valence-electron chi connectivity index (χ2n) is 26.7. The largest absolute Gasteiger partial charge is 0.454 e. The number of nitrogens with zero attached hydrogens (tertiary/aromatic N) is 2. The zero-order valence-corrected chi connectivity index (χ0v) is 53.9. The number of benzene rings is 16. The number of hydrogen-bond donors (Lipinski definition) is 0. The van der Waals surface area contributed by atoms with Gasteiger partial charge in [-0.1, -0.05) is 279 Å². The standard InChI is InChI=1S/C94H56N2O4/c1-3-27-57(28-4-1)93(73-45-17-11-39-71(73)87-65-37-9-7-31-59(65)81(55-75(87)93)95(77-47-23-41-67-61-33-13-19-51-83(61)97-89(67)77)78-48-24-42-68-62-34-14-20-52-84(62)98-90(68)78)94(58-29-5-2-6-30-58)74-46-18-12-40-72(74)88-66-38-10-8-32-60(66)82(56-76(88)94)96(79-49-25-43-69-63-35-15-21-53-85(63)99-91(69)79)80-50-26-44-70-64-36-16-22-54-86(64)100-92(70)80/h1-56H. The van der Waals surface area contributed by atoms with E-state index in [0.717, 1.165) is 166 Å². The first-order valence-corrected chi connectivity index (χ1v) is 34.3. The van der Waals surface area contributed by atoms with Crippen molar-refractivity contribution < 1.29 is 17.7 Å². The SMILES string of the molecule is c1ccc(C2(C3(c4ccccc4)c4ccccc4-c4c3cc(N(c3cccc5c3oc3ccccc35)c3cccc5c3oc3ccccc35)c3ccccc43)c3ccccc3-c3c2cc(N(c2cccc4c2oc2ccccc24)c2cccc4c2oc2ccccc24)c2ccccc32)cc1. The van der Waals surface area contributed by atoms with Crippen LogP contribution in [0, 0.1) is 0 Å². The monoisotopic (exact) mass is 1280 g/mol. The van der Waals surface area contributed by atoms with Crippen LogP contribution in [0.2, 0.25) is 0 Å². The van der Waals surface area contributed by atoms with Crippen LogP contribution in [0.25, 0.3) is 132 Å². The Morgan fingerprint density at radius 2 is 0.450 bits per heavy atom. The van der Waals surface area contributed by atoms with Gasteiger partial charge in [-0.05, 0) is 127 Å². The second-order valence-corrected chi connectivity index (χ2v) is 26.7. The molecule has 20 aromatic rings. The number of hydrogen-bond acceptors (Lipinski definition) is 6. The minimum Gasteiger partial charge on any atom is -0.454 e. The molecule has 100 heavy (non-hydrogen) atoms. The smallest absolute Gasteiger partial charge is 0.159 e. The van der Waals surface area contributed by atoms with Gasteiger partial charge in [0.2, 0.25) is 0 Å². The van der Waals surface area contributed by atoms with Crippen LogP contribution in [0.3, 0.4) is 0 Å². The molecule has 2 aliphatic carbocycles. The topological polar surface area (TPSA) is 59.0 Å². The summed E-state index contributed by atoms with van der Waals surface area (Å²) in [5.74, 6) is 0. The number of fused-ring (bicyclic) bond motifs is 22. The maximum atomic E-state index is 7.20. The minimum atomic E-state index is -1.08. The maximum absolute atomic E-state index is 7.20. The molecule has 0 amide bonds. The van der Waals surface area contributed by atoms with E-state index in [4.69, 9.17) is 17.7 Å². The molecule has 4 heterocycles. The average molecular weight is 1280 g/mol. The fraction of sp³-hybridized carbons (Fsp3) is 0.0213. The van der Waals surface area contributed by atoms with Crippen LogP contribution in [0.1, 0.15) is 33.4 Å². The molecule has 0 aliphatic heterocycles. The molecule has 0 spiro atoms. The Morgan fingerprint density at radius 3 is 0.780 bits per heavy atom. The summed E-state index contributed by atoms with van der Waals surface area (Å²) in [6, 6.07) is 125. The Morgan fingerprint density at radius 1 is 0.190 bits per heavy atom. The van der Waals surface area contributed by atoms with Gasteiger partial charge < -0.3 is 27.5 Å². The van der Waals surface area contributed by atoms with Crippen molar-refractivity contribution in [3.63, 3.8) is 0 Å². The van der Waals surface area contributed by atoms with E-state index in [0.29, 0.717) is 0 Å². The van der Waals surface area contributed by atoms with Crippen LogP contribution in [0.15, 0.2) is 357 Å². The summed E-state index contributed by atoms with van der Waals surface area (Å²) < 4.78 is 28.8. The van der Waals surface area contributed by atoms with Crippen LogP contribution in [-0.2, 0) is 10.8 Å². The fourth-order valence-corrected chi connectivity index (χ4v) is 18.3. The van der Waals surface area contributed by atoms with Crippen LogP contribution in [-0.4, -0.2) is 0 Å². The molecule has 0 fully saturated rings. The van der Waals surface area contributed by atoms with E-state index < -0.39 is 10.8 Å². The molecule has 4 aromatic heterocycles. The molecule has 2 atom stereocenters. The third-order valence-electron chi connectivity index (χ3n) is 22.0. The molecule has 6 heteroatoms. The first-order chi connectivity index (χ1) is 49.6. The lowest BCUT2D eigenvalue weighted by molar-refractivity contribution is 0.438. The Bertz CT molecular complexity index is 6190. The lowest BCUT2D eigenvalue weighted by atomic mass is 9.49. The quantitative estimate of drug-likeness (QED) is 0.144. The van der Waals surface area contributed by atoms with Gasteiger partial charge in [0.25, 0.3) is 0 Å². The Balaban J connectivity index is 0.927. The van der Waals surface area contributed by atoms with Crippen molar-refractivity contribution in [2.45, 2.75) is 10.8 Å². The molecule has 2 unspecified atom stereocenters. The summed E-state index contributed by atoms with van der Waals surface area (Å²) in [4.78, 5) is 4.90. The van der Waals surface area contributed by atoms with Crippen molar-refractivity contribution in [1.29, 1.82) is 0 Å². The average Bonchev–Trinajstić information content (AvgIpc) is 1.46. The molecule has 0 saturated heterocycles. The van der Waals surface area contributed by atoms with Gasteiger partial charge in [-0.15, -0.1) is 0 Å². The second kappa shape index (κ2) is 20.7. The van der Waals surface area contributed by atoms with Gasteiger partial charge in [-0.2, -0.15) is 0 Å². The highest BCUT2D eigenvalue weighted by Gasteiger charge is 2.65. The van der Waals surface area contributed by atoms with E-state index in [1.54, 1.807) is 0 Å².